The first-order chi connectivity index (χ1) is 9.61. The third-order valence-electron chi connectivity index (χ3n) is 2.97. The van der Waals surface area contributed by atoms with Gasteiger partial charge in [-0.2, -0.15) is 0 Å². The van der Waals surface area contributed by atoms with Crippen molar-refractivity contribution >= 4 is 66.1 Å². The van der Waals surface area contributed by atoms with Gasteiger partial charge in [-0.05, 0) is 46.3 Å². The summed E-state index contributed by atoms with van der Waals surface area (Å²) < 4.78 is 3.97. The van der Waals surface area contributed by atoms with Crippen LogP contribution in [-0.2, 0) is 5.88 Å². The molecule has 3 rings (SSSR count). The first-order valence-corrected chi connectivity index (χ1v) is 8.29. The maximum absolute atomic E-state index is 6.22. The van der Waals surface area contributed by atoms with E-state index in [0.717, 1.165) is 31.5 Å². The van der Waals surface area contributed by atoms with Gasteiger partial charge in [-0.3, -0.25) is 4.57 Å². The van der Waals surface area contributed by atoms with Gasteiger partial charge < -0.3 is 0 Å². The van der Waals surface area contributed by atoms with E-state index < -0.39 is 0 Å². The van der Waals surface area contributed by atoms with Gasteiger partial charge in [0, 0.05) is 8.95 Å². The summed E-state index contributed by atoms with van der Waals surface area (Å²) in [5, 5.41) is 0.624. The van der Waals surface area contributed by atoms with Crippen molar-refractivity contribution < 1.29 is 0 Å². The molecule has 0 aliphatic carbocycles. The lowest BCUT2D eigenvalue weighted by Crippen LogP contribution is -2.00. The molecule has 0 saturated heterocycles. The van der Waals surface area contributed by atoms with Gasteiger partial charge in [0.1, 0.15) is 11.3 Å². The fourth-order valence-corrected chi connectivity index (χ4v) is 3.29. The van der Waals surface area contributed by atoms with E-state index in [9.17, 15) is 0 Å². The largest absolute Gasteiger partial charge is 0.294 e. The number of para-hydroxylation sites is 1. The number of alkyl halides is 1. The van der Waals surface area contributed by atoms with Crippen molar-refractivity contribution in [3.8, 4) is 5.69 Å². The molecular weight excluding hydrogens is 427 g/mol. The molecule has 102 valence electrons. The van der Waals surface area contributed by atoms with Crippen LogP contribution in [0.4, 0.5) is 0 Å². The van der Waals surface area contributed by atoms with E-state index in [1.165, 1.54) is 0 Å². The van der Waals surface area contributed by atoms with Crippen LogP contribution >= 0.6 is 55.1 Å². The van der Waals surface area contributed by atoms with E-state index in [1.807, 2.05) is 41.0 Å². The Morgan fingerprint density at radius 1 is 1.15 bits per heavy atom. The van der Waals surface area contributed by atoms with Gasteiger partial charge in [0.2, 0.25) is 0 Å². The quantitative estimate of drug-likeness (QED) is 0.456. The molecule has 2 aromatic carbocycles. The van der Waals surface area contributed by atoms with Crippen molar-refractivity contribution in [3.63, 3.8) is 0 Å². The molecule has 1 aromatic heterocycles. The molecule has 3 aromatic rings. The van der Waals surface area contributed by atoms with E-state index in [0.29, 0.717) is 10.9 Å². The summed E-state index contributed by atoms with van der Waals surface area (Å²) in [7, 11) is 0. The maximum Gasteiger partial charge on any atom is 0.129 e. The van der Waals surface area contributed by atoms with Crippen LogP contribution in [-0.4, -0.2) is 9.55 Å². The SMILES string of the molecule is ClCc1nc2c(Cl)cccc2n1-c1cc(Br)ccc1Br. The Balaban J connectivity index is 2.40. The minimum absolute atomic E-state index is 0.309. The number of halogens is 4. The molecule has 0 spiro atoms. The Labute approximate surface area is 143 Å². The summed E-state index contributed by atoms with van der Waals surface area (Å²) in [4.78, 5) is 4.54. The smallest absolute Gasteiger partial charge is 0.129 e. The highest BCUT2D eigenvalue weighted by Crippen LogP contribution is 2.32. The summed E-state index contributed by atoms with van der Waals surface area (Å²) in [5.41, 5.74) is 2.67. The first-order valence-electron chi connectivity index (χ1n) is 5.79. The number of hydrogen-bond donors (Lipinski definition) is 0. The highest BCUT2D eigenvalue weighted by atomic mass is 79.9. The molecule has 0 saturated carbocycles. The molecule has 20 heavy (non-hydrogen) atoms. The van der Waals surface area contributed by atoms with Gasteiger partial charge in [0.05, 0.1) is 22.1 Å². The van der Waals surface area contributed by atoms with Gasteiger partial charge >= 0.3 is 0 Å². The summed E-state index contributed by atoms with van der Waals surface area (Å²) in [6.07, 6.45) is 0. The average molecular weight is 435 g/mol. The molecule has 0 bridgehead atoms. The zero-order chi connectivity index (χ0) is 14.3. The minimum atomic E-state index is 0.309. The number of nitrogens with zero attached hydrogens (tertiary/aromatic N) is 2. The van der Waals surface area contributed by atoms with Crippen LogP contribution in [0.3, 0.4) is 0 Å². The molecule has 2 nitrogen and oxygen atoms in total. The zero-order valence-corrected chi connectivity index (χ0v) is 14.8. The summed E-state index contributed by atoms with van der Waals surface area (Å²) in [5.74, 6) is 1.07. The third-order valence-corrected chi connectivity index (χ3v) is 4.68. The number of hydrogen-bond acceptors (Lipinski definition) is 1. The van der Waals surface area contributed by atoms with Gasteiger partial charge in [-0.25, -0.2) is 4.98 Å². The fourth-order valence-electron chi connectivity index (χ4n) is 2.13. The predicted molar refractivity (Wildman–Crippen MR) is 91.0 cm³/mol. The molecule has 1 heterocycles. The number of imidazole rings is 1. The maximum atomic E-state index is 6.22. The Morgan fingerprint density at radius 2 is 1.95 bits per heavy atom. The standard InChI is InChI=1S/C14H8Br2Cl2N2/c15-8-4-5-9(16)12(6-8)20-11-3-1-2-10(18)14(11)19-13(20)7-17/h1-6H,7H2. The summed E-state index contributed by atoms with van der Waals surface area (Å²) >= 11 is 19.3. The second-order valence-corrected chi connectivity index (χ2v) is 6.64. The fraction of sp³-hybridized carbons (Fsp3) is 0.0714. The lowest BCUT2D eigenvalue weighted by Gasteiger charge is -2.10. The molecule has 0 aliphatic rings. The lowest BCUT2D eigenvalue weighted by molar-refractivity contribution is 0.976. The molecular formula is C14H8Br2Cl2N2. The molecule has 0 atom stereocenters. The lowest BCUT2D eigenvalue weighted by atomic mass is 10.3. The second kappa shape index (κ2) is 5.68. The van der Waals surface area contributed by atoms with Crippen molar-refractivity contribution in [1.29, 1.82) is 0 Å². The van der Waals surface area contributed by atoms with E-state index >= 15 is 0 Å². The van der Waals surface area contributed by atoms with Crippen LogP contribution in [0.1, 0.15) is 5.82 Å². The van der Waals surface area contributed by atoms with Crippen LogP contribution in [0.2, 0.25) is 5.02 Å². The van der Waals surface area contributed by atoms with Crippen molar-refractivity contribution in [2.45, 2.75) is 5.88 Å². The Hall–Kier alpha value is -0.550. The number of benzene rings is 2. The van der Waals surface area contributed by atoms with E-state index in [2.05, 4.69) is 36.8 Å². The summed E-state index contributed by atoms with van der Waals surface area (Å²) in [6.45, 7) is 0. The molecule has 0 amide bonds. The summed E-state index contributed by atoms with van der Waals surface area (Å²) in [6, 6.07) is 11.7. The Kier molecular flexibility index (Phi) is 4.09. The molecule has 0 radical (unpaired) electrons. The van der Waals surface area contributed by atoms with Crippen molar-refractivity contribution in [3.05, 3.63) is 56.2 Å². The molecule has 0 unspecified atom stereocenters. The molecule has 6 heteroatoms. The highest BCUT2D eigenvalue weighted by molar-refractivity contribution is 9.11. The van der Waals surface area contributed by atoms with Gasteiger partial charge in [0.25, 0.3) is 0 Å². The normalized spacial score (nSPS) is 11.2. The van der Waals surface area contributed by atoms with Crippen molar-refractivity contribution in [1.82, 2.24) is 9.55 Å². The molecule has 0 N–H and O–H groups in total. The van der Waals surface area contributed by atoms with Crippen LogP contribution in [0, 0.1) is 0 Å². The first kappa shape index (κ1) is 14.4. The molecule has 0 aliphatic heterocycles. The van der Waals surface area contributed by atoms with E-state index in [1.54, 1.807) is 0 Å². The monoisotopic (exact) mass is 432 g/mol. The third kappa shape index (κ3) is 2.39. The topological polar surface area (TPSA) is 17.8 Å². The Morgan fingerprint density at radius 3 is 2.70 bits per heavy atom. The van der Waals surface area contributed by atoms with Gasteiger partial charge in [0.15, 0.2) is 0 Å². The predicted octanol–water partition coefficient (Wildman–Crippen LogP) is 5.94. The van der Waals surface area contributed by atoms with Crippen LogP contribution < -0.4 is 0 Å². The average Bonchev–Trinajstić information content (AvgIpc) is 2.81. The van der Waals surface area contributed by atoms with Crippen molar-refractivity contribution in [2.24, 2.45) is 0 Å². The van der Waals surface area contributed by atoms with Crippen LogP contribution in [0.5, 0.6) is 0 Å². The number of rotatable bonds is 2. The van der Waals surface area contributed by atoms with Crippen LogP contribution in [0.15, 0.2) is 45.3 Å². The van der Waals surface area contributed by atoms with Gasteiger partial charge in [-0.1, -0.05) is 33.6 Å². The second-order valence-electron chi connectivity index (χ2n) is 4.20. The Bertz CT molecular complexity index is 799. The van der Waals surface area contributed by atoms with Crippen molar-refractivity contribution in [2.75, 3.05) is 0 Å². The molecule has 0 fully saturated rings. The van der Waals surface area contributed by atoms with E-state index in [-0.39, 0.29) is 0 Å². The van der Waals surface area contributed by atoms with Gasteiger partial charge in [-0.15, -0.1) is 11.6 Å². The van der Waals surface area contributed by atoms with E-state index in [4.69, 9.17) is 23.2 Å². The van der Waals surface area contributed by atoms with Crippen LogP contribution in [0.25, 0.3) is 16.7 Å². The minimum Gasteiger partial charge on any atom is -0.294 e. The number of aromatic nitrogens is 2. The highest BCUT2D eigenvalue weighted by Gasteiger charge is 2.15. The zero-order valence-electron chi connectivity index (χ0n) is 10.1. The number of fused-ring (bicyclic) bond motifs is 1.